The number of rotatable bonds is 18. The number of aliphatic carboxylic acids is 1. The highest BCUT2D eigenvalue weighted by atomic mass is 16.4. The summed E-state index contributed by atoms with van der Waals surface area (Å²) < 4.78 is 0. The number of carboxylic acid groups (broad SMARTS) is 1. The molecule has 0 fully saturated rings. The molecule has 0 aromatic heterocycles. The molecule has 0 aliphatic carbocycles. The molecular weight excluding hydrogens is 296 g/mol. The Balaban J connectivity index is 4.14. The molecule has 0 saturated heterocycles. The first-order valence-electron chi connectivity index (χ1n) is 10.8. The summed E-state index contributed by atoms with van der Waals surface area (Å²) in [5, 5.41) is 8.66. The van der Waals surface area contributed by atoms with E-state index in [-0.39, 0.29) is 0 Å². The molecule has 0 bridgehead atoms. The average Bonchev–Trinajstić information content (AvgIpc) is 2.57. The van der Waals surface area contributed by atoms with Crippen LogP contribution in [-0.2, 0) is 4.79 Å². The Morgan fingerprint density at radius 1 is 0.625 bits per heavy atom. The van der Waals surface area contributed by atoms with Crippen LogP contribution in [0.5, 0.6) is 0 Å². The second kappa shape index (κ2) is 16.0. The quantitative estimate of drug-likeness (QED) is 0.259. The van der Waals surface area contributed by atoms with Gasteiger partial charge in [0.15, 0.2) is 0 Å². The predicted octanol–water partition coefficient (Wildman–Crippen LogP) is 7.75. The summed E-state index contributed by atoms with van der Waals surface area (Å²) >= 11 is 0. The number of carboxylic acids is 1. The molecule has 2 heteroatoms. The molecule has 2 nitrogen and oxygen atoms in total. The lowest BCUT2D eigenvalue weighted by atomic mass is 9.71. The number of unbranched alkanes of at least 4 members (excludes halogenated alkanes) is 8. The summed E-state index contributed by atoms with van der Waals surface area (Å²) in [6.07, 6.45) is 21.3. The highest BCUT2D eigenvalue weighted by molar-refractivity contribution is 5.66. The van der Waals surface area contributed by atoms with Gasteiger partial charge >= 0.3 is 5.97 Å². The summed E-state index contributed by atoms with van der Waals surface area (Å²) in [5.41, 5.74) is 0.616. The minimum Gasteiger partial charge on any atom is -0.481 e. The minimum absolute atomic E-state index is 0.341. The van der Waals surface area contributed by atoms with E-state index in [1.807, 2.05) is 0 Å². The van der Waals surface area contributed by atoms with Crippen molar-refractivity contribution in [3.63, 3.8) is 0 Å². The van der Waals surface area contributed by atoms with Gasteiger partial charge in [-0.25, -0.2) is 0 Å². The number of hydrogen-bond acceptors (Lipinski definition) is 1. The van der Waals surface area contributed by atoms with Crippen LogP contribution in [0.15, 0.2) is 0 Å². The van der Waals surface area contributed by atoms with Crippen molar-refractivity contribution < 1.29 is 9.90 Å². The van der Waals surface area contributed by atoms with Gasteiger partial charge in [-0.1, -0.05) is 91.4 Å². The van der Waals surface area contributed by atoms with Gasteiger partial charge in [-0.15, -0.1) is 0 Å². The monoisotopic (exact) mass is 340 g/mol. The fourth-order valence-electron chi connectivity index (χ4n) is 3.89. The van der Waals surface area contributed by atoms with Gasteiger partial charge in [0.25, 0.3) is 0 Å². The summed E-state index contributed by atoms with van der Waals surface area (Å²) in [4.78, 5) is 10.5. The zero-order valence-corrected chi connectivity index (χ0v) is 16.9. The molecule has 0 aromatic carbocycles. The van der Waals surface area contributed by atoms with Crippen LogP contribution in [0.25, 0.3) is 0 Å². The van der Waals surface area contributed by atoms with E-state index in [1.165, 1.54) is 89.9 Å². The van der Waals surface area contributed by atoms with Gasteiger partial charge in [-0.2, -0.15) is 0 Å². The normalized spacial score (nSPS) is 11.8. The molecule has 0 radical (unpaired) electrons. The van der Waals surface area contributed by atoms with Crippen LogP contribution in [0.2, 0.25) is 0 Å². The maximum atomic E-state index is 10.5. The molecule has 0 spiro atoms. The van der Waals surface area contributed by atoms with E-state index < -0.39 is 5.97 Å². The van der Waals surface area contributed by atoms with Gasteiger partial charge < -0.3 is 5.11 Å². The largest absolute Gasteiger partial charge is 0.481 e. The van der Waals surface area contributed by atoms with Crippen LogP contribution in [0.3, 0.4) is 0 Å². The number of hydrogen-bond donors (Lipinski definition) is 1. The van der Waals surface area contributed by atoms with Gasteiger partial charge in [-0.3, -0.25) is 4.79 Å². The molecule has 0 aliphatic rings. The third kappa shape index (κ3) is 12.8. The molecule has 0 rings (SSSR count). The smallest absolute Gasteiger partial charge is 0.303 e. The Morgan fingerprint density at radius 2 is 1.00 bits per heavy atom. The second-order valence-corrected chi connectivity index (χ2v) is 7.83. The van der Waals surface area contributed by atoms with Crippen LogP contribution in [-0.4, -0.2) is 11.1 Å². The predicted molar refractivity (Wildman–Crippen MR) is 106 cm³/mol. The van der Waals surface area contributed by atoms with Crippen molar-refractivity contribution in [2.24, 2.45) is 5.41 Å². The van der Waals surface area contributed by atoms with Crippen LogP contribution < -0.4 is 0 Å². The van der Waals surface area contributed by atoms with Crippen LogP contribution in [0.4, 0.5) is 0 Å². The first-order chi connectivity index (χ1) is 11.6. The van der Waals surface area contributed by atoms with Crippen LogP contribution in [0, 0.1) is 5.41 Å². The third-order valence-corrected chi connectivity index (χ3v) is 5.53. The zero-order chi connectivity index (χ0) is 18.1. The molecule has 0 amide bonds. The Labute approximate surface area is 151 Å². The highest BCUT2D eigenvalue weighted by Crippen LogP contribution is 2.41. The average molecular weight is 341 g/mol. The molecule has 0 atom stereocenters. The topological polar surface area (TPSA) is 37.3 Å². The van der Waals surface area contributed by atoms with E-state index in [1.54, 1.807) is 0 Å². The molecule has 0 aromatic rings. The summed E-state index contributed by atoms with van der Waals surface area (Å²) in [6.45, 7) is 6.96. The van der Waals surface area contributed by atoms with Crippen molar-refractivity contribution >= 4 is 5.97 Å². The third-order valence-electron chi connectivity index (χ3n) is 5.53. The zero-order valence-electron chi connectivity index (χ0n) is 16.9. The van der Waals surface area contributed by atoms with Gasteiger partial charge in [-0.05, 0) is 37.5 Å². The van der Waals surface area contributed by atoms with E-state index in [4.69, 9.17) is 5.11 Å². The SMILES string of the molecule is CCCCC(CCCC)(CCCC)CCCCCCCCC(=O)O. The van der Waals surface area contributed by atoms with Gasteiger partial charge in [0.05, 0.1) is 0 Å². The summed E-state index contributed by atoms with van der Waals surface area (Å²) in [5.74, 6) is -0.650. The molecule has 0 unspecified atom stereocenters. The lowest BCUT2D eigenvalue weighted by molar-refractivity contribution is -0.137. The van der Waals surface area contributed by atoms with Gasteiger partial charge in [0, 0.05) is 6.42 Å². The lowest BCUT2D eigenvalue weighted by Crippen LogP contribution is -2.21. The van der Waals surface area contributed by atoms with Crippen LogP contribution >= 0.6 is 0 Å². The standard InChI is InChI=1S/C22H44O2/c1-4-7-17-22(18-8-5-2,19-9-6-3)20-15-13-11-10-12-14-16-21(23)24/h4-20H2,1-3H3,(H,23,24). The van der Waals surface area contributed by atoms with Crippen molar-refractivity contribution in [2.75, 3.05) is 0 Å². The number of carbonyl (C=O) groups is 1. The van der Waals surface area contributed by atoms with Gasteiger partial charge in [0.1, 0.15) is 0 Å². The first-order valence-corrected chi connectivity index (χ1v) is 10.8. The van der Waals surface area contributed by atoms with Gasteiger partial charge in [0.2, 0.25) is 0 Å². The molecule has 144 valence electrons. The fourth-order valence-corrected chi connectivity index (χ4v) is 3.89. The summed E-state index contributed by atoms with van der Waals surface area (Å²) in [7, 11) is 0. The van der Waals surface area contributed by atoms with E-state index in [0.717, 1.165) is 12.8 Å². The van der Waals surface area contributed by atoms with Crippen molar-refractivity contribution in [1.82, 2.24) is 0 Å². The van der Waals surface area contributed by atoms with E-state index in [0.29, 0.717) is 11.8 Å². The fraction of sp³-hybridized carbons (Fsp3) is 0.955. The van der Waals surface area contributed by atoms with Crippen molar-refractivity contribution in [3.05, 3.63) is 0 Å². The van der Waals surface area contributed by atoms with Crippen LogP contribution in [0.1, 0.15) is 130 Å². The van der Waals surface area contributed by atoms with Crippen molar-refractivity contribution in [2.45, 2.75) is 130 Å². The van der Waals surface area contributed by atoms with E-state index in [2.05, 4.69) is 20.8 Å². The molecule has 0 heterocycles. The van der Waals surface area contributed by atoms with Crippen molar-refractivity contribution in [3.8, 4) is 0 Å². The maximum absolute atomic E-state index is 10.5. The Kier molecular flexibility index (Phi) is 15.6. The lowest BCUT2D eigenvalue weighted by Gasteiger charge is -2.35. The van der Waals surface area contributed by atoms with E-state index >= 15 is 0 Å². The first kappa shape index (κ1) is 23.5. The summed E-state index contributed by atoms with van der Waals surface area (Å²) in [6, 6.07) is 0. The Hall–Kier alpha value is -0.530. The second-order valence-electron chi connectivity index (χ2n) is 7.83. The van der Waals surface area contributed by atoms with Crippen molar-refractivity contribution in [1.29, 1.82) is 0 Å². The Morgan fingerprint density at radius 3 is 1.42 bits per heavy atom. The molecular formula is C22H44O2. The maximum Gasteiger partial charge on any atom is 0.303 e. The molecule has 1 N–H and O–H groups in total. The van der Waals surface area contributed by atoms with E-state index in [9.17, 15) is 4.79 Å². The Bertz CT molecular complexity index is 264. The molecule has 0 aliphatic heterocycles. The minimum atomic E-state index is -0.650. The highest BCUT2D eigenvalue weighted by Gasteiger charge is 2.27. The molecule has 0 saturated carbocycles. The molecule has 24 heavy (non-hydrogen) atoms.